The number of amides is 1. The number of carbonyl (C=O) groups excluding carboxylic acids is 1. The Hall–Kier alpha value is -1.60. The molecule has 18 heavy (non-hydrogen) atoms. The molecule has 0 saturated carbocycles. The molecule has 0 radical (unpaired) electrons. The van der Waals surface area contributed by atoms with Crippen LogP contribution in [0.25, 0.3) is 5.69 Å². The zero-order valence-corrected chi connectivity index (χ0v) is 11.0. The second-order valence-corrected chi connectivity index (χ2v) is 5.26. The molecule has 1 unspecified atom stereocenters. The number of benzene rings is 1. The molecular weight excluding hydrogens is 274 g/mol. The van der Waals surface area contributed by atoms with Gasteiger partial charge in [-0.1, -0.05) is 23.4 Å². The first-order chi connectivity index (χ1) is 8.58. The third kappa shape index (κ3) is 2.80. The number of tetrazole rings is 1. The second-order valence-electron chi connectivity index (χ2n) is 3.51. The van der Waals surface area contributed by atoms with E-state index >= 15 is 0 Å². The number of nitrogens with two attached hydrogens (primary N) is 1. The maximum Gasteiger partial charge on any atom is 0.230 e. The van der Waals surface area contributed by atoms with E-state index in [0.717, 1.165) is 5.69 Å². The van der Waals surface area contributed by atoms with Gasteiger partial charge in [-0.15, -0.1) is 5.10 Å². The van der Waals surface area contributed by atoms with E-state index in [1.54, 1.807) is 31.2 Å². The van der Waals surface area contributed by atoms with Gasteiger partial charge in [-0.2, -0.15) is 4.68 Å². The van der Waals surface area contributed by atoms with Gasteiger partial charge in [0.05, 0.1) is 10.9 Å². The van der Waals surface area contributed by atoms with Crippen molar-refractivity contribution in [2.45, 2.75) is 17.3 Å². The molecule has 0 bridgehead atoms. The standard InChI is InChI=1S/C10H10ClN5OS/c1-6(9(12)17)18-10-13-14-15-16(10)8-4-2-7(11)3-5-8/h2-6H,1H3,(H2,12,17). The predicted molar refractivity (Wildman–Crippen MR) is 68.7 cm³/mol. The van der Waals surface area contributed by atoms with Crippen LogP contribution in [0, 0.1) is 0 Å². The van der Waals surface area contributed by atoms with Crippen molar-refractivity contribution in [2.75, 3.05) is 0 Å². The quantitative estimate of drug-likeness (QED) is 0.854. The van der Waals surface area contributed by atoms with Gasteiger partial charge in [-0.05, 0) is 41.6 Å². The van der Waals surface area contributed by atoms with E-state index in [0.29, 0.717) is 10.2 Å². The van der Waals surface area contributed by atoms with Crippen LogP contribution in [0.3, 0.4) is 0 Å². The van der Waals surface area contributed by atoms with Gasteiger partial charge >= 0.3 is 0 Å². The summed E-state index contributed by atoms with van der Waals surface area (Å²) in [7, 11) is 0. The first-order valence-corrected chi connectivity index (χ1v) is 6.34. The average molecular weight is 284 g/mol. The molecule has 1 atom stereocenters. The van der Waals surface area contributed by atoms with Crippen LogP contribution in [-0.4, -0.2) is 31.4 Å². The van der Waals surface area contributed by atoms with Gasteiger partial charge in [-0.25, -0.2) is 0 Å². The van der Waals surface area contributed by atoms with Crippen molar-refractivity contribution in [3.8, 4) is 5.69 Å². The Labute approximate surface area is 112 Å². The number of thioether (sulfide) groups is 1. The van der Waals surface area contributed by atoms with Crippen molar-refractivity contribution in [1.29, 1.82) is 0 Å². The monoisotopic (exact) mass is 283 g/mol. The summed E-state index contributed by atoms with van der Waals surface area (Å²) in [6, 6.07) is 7.06. The van der Waals surface area contributed by atoms with Crippen LogP contribution in [0.15, 0.2) is 29.4 Å². The molecule has 1 amide bonds. The Kier molecular flexibility index (Phi) is 3.83. The van der Waals surface area contributed by atoms with E-state index in [1.165, 1.54) is 16.4 Å². The highest BCUT2D eigenvalue weighted by atomic mass is 35.5. The number of hydrogen-bond acceptors (Lipinski definition) is 5. The molecule has 1 aromatic carbocycles. The van der Waals surface area contributed by atoms with Crippen LogP contribution in [0.2, 0.25) is 5.02 Å². The summed E-state index contributed by atoms with van der Waals surface area (Å²) in [4.78, 5) is 11.0. The lowest BCUT2D eigenvalue weighted by molar-refractivity contribution is -0.117. The van der Waals surface area contributed by atoms with E-state index in [-0.39, 0.29) is 0 Å². The molecule has 2 N–H and O–H groups in total. The number of rotatable bonds is 4. The SMILES string of the molecule is CC(Sc1nnnn1-c1ccc(Cl)cc1)C(N)=O. The Morgan fingerprint density at radius 1 is 1.44 bits per heavy atom. The third-order valence-corrected chi connectivity index (χ3v) is 3.50. The molecule has 1 heterocycles. The fourth-order valence-electron chi connectivity index (χ4n) is 1.21. The molecule has 0 aliphatic rings. The molecule has 6 nitrogen and oxygen atoms in total. The zero-order valence-electron chi connectivity index (χ0n) is 9.45. The summed E-state index contributed by atoms with van der Waals surface area (Å²) in [5, 5.41) is 12.1. The molecular formula is C10H10ClN5OS. The van der Waals surface area contributed by atoms with E-state index in [1.807, 2.05) is 0 Å². The molecule has 94 valence electrons. The number of aromatic nitrogens is 4. The van der Waals surface area contributed by atoms with Crippen LogP contribution in [-0.2, 0) is 4.79 Å². The molecule has 2 aromatic rings. The molecule has 0 spiro atoms. The Bertz CT molecular complexity index is 556. The summed E-state index contributed by atoms with van der Waals surface area (Å²) in [5.41, 5.74) is 5.97. The van der Waals surface area contributed by atoms with Crippen LogP contribution in [0.5, 0.6) is 0 Å². The number of carbonyl (C=O) groups is 1. The number of halogens is 1. The molecule has 0 fully saturated rings. The van der Waals surface area contributed by atoms with Gasteiger partial charge < -0.3 is 5.73 Å². The first-order valence-electron chi connectivity index (χ1n) is 5.08. The van der Waals surface area contributed by atoms with E-state index in [9.17, 15) is 4.79 Å². The lowest BCUT2D eigenvalue weighted by Gasteiger charge is -2.07. The largest absolute Gasteiger partial charge is 0.369 e. The Balaban J connectivity index is 2.27. The fourth-order valence-corrected chi connectivity index (χ4v) is 2.10. The van der Waals surface area contributed by atoms with Gasteiger partial charge in [0.25, 0.3) is 0 Å². The highest BCUT2D eigenvalue weighted by Gasteiger charge is 2.16. The Morgan fingerprint density at radius 2 is 2.11 bits per heavy atom. The highest BCUT2D eigenvalue weighted by Crippen LogP contribution is 2.23. The van der Waals surface area contributed by atoms with Crippen molar-refractivity contribution in [3.63, 3.8) is 0 Å². The summed E-state index contributed by atoms with van der Waals surface area (Å²) >= 11 is 7.01. The lowest BCUT2D eigenvalue weighted by Crippen LogP contribution is -2.23. The predicted octanol–water partition coefficient (Wildman–Crippen LogP) is 1.28. The zero-order chi connectivity index (χ0) is 13.1. The van der Waals surface area contributed by atoms with E-state index in [2.05, 4.69) is 15.5 Å². The van der Waals surface area contributed by atoms with Crippen LogP contribution in [0.4, 0.5) is 0 Å². The van der Waals surface area contributed by atoms with Gasteiger partial charge in [0, 0.05) is 5.02 Å². The van der Waals surface area contributed by atoms with Crippen molar-refractivity contribution in [1.82, 2.24) is 20.2 Å². The second kappa shape index (κ2) is 5.36. The molecule has 0 saturated heterocycles. The van der Waals surface area contributed by atoms with Crippen molar-refractivity contribution in [3.05, 3.63) is 29.3 Å². The Morgan fingerprint density at radius 3 is 2.72 bits per heavy atom. The van der Waals surface area contributed by atoms with Crippen LogP contribution in [0.1, 0.15) is 6.92 Å². The smallest absolute Gasteiger partial charge is 0.230 e. The average Bonchev–Trinajstić information content (AvgIpc) is 2.78. The molecule has 8 heteroatoms. The van der Waals surface area contributed by atoms with Crippen molar-refractivity contribution < 1.29 is 4.79 Å². The van der Waals surface area contributed by atoms with Gasteiger partial charge in [0.2, 0.25) is 11.1 Å². The number of nitrogens with zero attached hydrogens (tertiary/aromatic N) is 4. The number of hydrogen-bond donors (Lipinski definition) is 1. The maximum atomic E-state index is 11.0. The van der Waals surface area contributed by atoms with Crippen LogP contribution < -0.4 is 5.73 Å². The summed E-state index contributed by atoms with van der Waals surface area (Å²) in [5.74, 6) is -0.411. The molecule has 2 rings (SSSR count). The van der Waals surface area contributed by atoms with Gasteiger partial charge in [0.1, 0.15) is 0 Å². The fraction of sp³-hybridized carbons (Fsp3) is 0.200. The van der Waals surface area contributed by atoms with Gasteiger partial charge in [-0.3, -0.25) is 4.79 Å². The van der Waals surface area contributed by atoms with E-state index in [4.69, 9.17) is 17.3 Å². The van der Waals surface area contributed by atoms with E-state index < -0.39 is 11.2 Å². The minimum Gasteiger partial charge on any atom is -0.369 e. The lowest BCUT2D eigenvalue weighted by atomic mass is 10.3. The maximum absolute atomic E-state index is 11.0. The molecule has 0 aliphatic heterocycles. The number of primary amides is 1. The summed E-state index contributed by atoms with van der Waals surface area (Å²) in [6.07, 6.45) is 0. The normalized spacial score (nSPS) is 12.3. The minimum absolute atomic E-state index is 0.401. The first kappa shape index (κ1) is 12.8. The summed E-state index contributed by atoms with van der Waals surface area (Å²) < 4.78 is 1.53. The summed E-state index contributed by atoms with van der Waals surface area (Å²) in [6.45, 7) is 1.70. The van der Waals surface area contributed by atoms with Crippen molar-refractivity contribution >= 4 is 29.3 Å². The minimum atomic E-state index is -0.411. The van der Waals surface area contributed by atoms with Crippen molar-refractivity contribution in [2.24, 2.45) is 5.73 Å². The van der Waals surface area contributed by atoms with Gasteiger partial charge in [0.15, 0.2) is 0 Å². The topological polar surface area (TPSA) is 86.7 Å². The molecule has 0 aliphatic carbocycles. The van der Waals surface area contributed by atoms with Crippen LogP contribution >= 0.6 is 23.4 Å². The third-order valence-electron chi connectivity index (χ3n) is 2.19. The highest BCUT2D eigenvalue weighted by molar-refractivity contribution is 8.00. The molecule has 1 aromatic heterocycles.